The number of hydrogen-bond donors (Lipinski definition) is 2. The van der Waals surface area contributed by atoms with Crippen LogP contribution in [-0.4, -0.2) is 27.7 Å². The van der Waals surface area contributed by atoms with Gasteiger partial charge in [-0.1, -0.05) is 19.3 Å². The summed E-state index contributed by atoms with van der Waals surface area (Å²) >= 11 is 0. The molecule has 4 nitrogen and oxygen atoms in total. The highest BCUT2D eigenvalue weighted by atomic mass is 19.4. The number of halogens is 4. The van der Waals surface area contributed by atoms with Crippen LogP contribution in [0.4, 0.5) is 17.6 Å². The zero-order valence-corrected chi connectivity index (χ0v) is 19.4. The van der Waals surface area contributed by atoms with E-state index in [4.69, 9.17) is 0 Å². The number of rotatable bonds is 5. The van der Waals surface area contributed by atoms with E-state index in [0.717, 1.165) is 63.1 Å². The molecule has 1 aromatic heterocycles. The van der Waals surface area contributed by atoms with E-state index in [0.29, 0.717) is 30.6 Å². The van der Waals surface area contributed by atoms with Gasteiger partial charge in [-0.15, -0.1) is 0 Å². The maximum Gasteiger partial charge on any atom is 0.416 e. The molecule has 8 heteroatoms. The Morgan fingerprint density at radius 2 is 1.74 bits per heavy atom. The molecule has 0 spiro atoms. The summed E-state index contributed by atoms with van der Waals surface area (Å²) in [6, 6.07) is 4.01. The minimum absolute atomic E-state index is 0.0811. The quantitative estimate of drug-likeness (QED) is 0.498. The van der Waals surface area contributed by atoms with E-state index >= 15 is 0 Å². The molecule has 34 heavy (non-hydrogen) atoms. The van der Waals surface area contributed by atoms with Crippen LogP contribution < -0.4 is 5.32 Å². The molecular weight excluding hydrogens is 448 g/mol. The predicted octanol–water partition coefficient (Wildman–Crippen LogP) is 6.24. The van der Waals surface area contributed by atoms with Crippen molar-refractivity contribution in [3.05, 3.63) is 46.9 Å². The molecule has 0 saturated heterocycles. The Kier molecular flexibility index (Phi) is 7.36. The average molecular weight is 481 g/mol. The molecule has 1 amide bonds. The van der Waals surface area contributed by atoms with Gasteiger partial charge in [-0.05, 0) is 75.6 Å². The Morgan fingerprint density at radius 1 is 1.06 bits per heavy atom. The molecule has 2 aliphatic carbocycles. The maximum atomic E-state index is 14.9. The second-order valence-corrected chi connectivity index (χ2v) is 9.81. The van der Waals surface area contributed by atoms with Crippen molar-refractivity contribution in [2.24, 2.45) is 5.92 Å². The summed E-state index contributed by atoms with van der Waals surface area (Å²) in [5.41, 5.74) is 0.175. The maximum absolute atomic E-state index is 14.9. The van der Waals surface area contributed by atoms with Gasteiger partial charge < -0.3 is 15.0 Å². The van der Waals surface area contributed by atoms with Crippen LogP contribution in [0.15, 0.2) is 24.3 Å². The topological polar surface area (TPSA) is 54.3 Å². The molecule has 0 atom stereocenters. The number of nitrogens with one attached hydrogen (secondary N) is 1. The van der Waals surface area contributed by atoms with Crippen LogP contribution in [0.25, 0.3) is 11.3 Å². The van der Waals surface area contributed by atoms with E-state index in [9.17, 15) is 27.5 Å². The molecule has 2 aromatic rings. The van der Waals surface area contributed by atoms with Crippen LogP contribution in [0, 0.1) is 18.7 Å². The Morgan fingerprint density at radius 3 is 2.38 bits per heavy atom. The van der Waals surface area contributed by atoms with E-state index in [1.165, 1.54) is 6.07 Å². The first-order valence-electron chi connectivity index (χ1n) is 12.2. The summed E-state index contributed by atoms with van der Waals surface area (Å²) in [6.07, 6.45) is 3.00. The fourth-order valence-electron chi connectivity index (χ4n) is 5.33. The predicted molar refractivity (Wildman–Crippen MR) is 122 cm³/mol. The van der Waals surface area contributed by atoms with E-state index in [1.807, 2.05) is 0 Å². The average Bonchev–Trinajstić information content (AvgIpc) is 3.11. The fraction of sp³-hybridized carbons (Fsp3) is 0.577. The molecule has 2 aliphatic rings. The van der Waals surface area contributed by atoms with Gasteiger partial charge >= 0.3 is 6.18 Å². The van der Waals surface area contributed by atoms with Gasteiger partial charge in [0.2, 0.25) is 0 Å². The number of carbonyl (C=O) groups is 1. The van der Waals surface area contributed by atoms with Crippen LogP contribution >= 0.6 is 0 Å². The van der Waals surface area contributed by atoms with E-state index in [-0.39, 0.29) is 35.2 Å². The molecule has 186 valence electrons. The van der Waals surface area contributed by atoms with E-state index in [1.54, 1.807) is 11.5 Å². The Hall–Kier alpha value is -2.35. The molecule has 0 bridgehead atoms. The number of aromatic nitrogens is 1. The highest BCUT2D eigenvalue weighted by Gasteiger charge is 2.32. The van der Waals surface area contributed by atoms with Crippen molar-refractivity contribution >= 4 is 5.91 Å². The standard InChI is InChI=1S/C26H32F4N2O2/c1-16-21(25(34)31-19-5-3-2-4-6-19)14-24(32(16)15-17-7-10-20(33)11-8-17)22-13-18(26(28,29)30)9-12-23(22)27/h9,12-14,17,19-20,33H,2-8,10-11,15H2,1H3,(H,31,34). The lowest BCUT2D eigenvalue weighted by atomic mass is 9.87. The largest absolute Gasteiger partial charge is 0.416 e. The number of benzene rings is 1. The molecule has 2 saturated carbocycles. The van der Waals surface area contributed by atoms with Gasteiger partial charge in [-0.25, -0.2) is 4.39 Å². The van der Waals surface area contributed by atoms with Gasteiger partial charge in [0.25, 0.3) is 5.91 Å². The minimum Gasteiger partial charge on any atom is -0.393 e. The lowest BCUT2D eigenvalue weighted by Gasteiger charge is -2.27. The van der Waals surface area contributed by atoms with Crippen molar-refractivity contribution in [1.82, 2.24) is 9.88 Å². The molecule has 2 N–H and O–H groups in total. The van der Waals surface area contributed by atoms with Crippen molar-refractivity contribution < 1.29 is 27.5 Å². The van der Waals surface area contributed by atoms with Crippen molar-refractivity contribution in [2.45, 2.75) is 89.6 Å². The SMILES string of the molecule is Cc1c(C(=O)NC2CCCCC2)cc(-c2cc(C(F)(F)F)ccc2F)n1CC1CCC(O)CC1. The molecule has 1 heterocycles. The number of hydrogen-bond acceptors (Lipinski definition) is 2. The van der Waals surface area contributed by atoms with Crippen LogP contribution in [-0.2, 0) is 12.7 Å². The first kappa shape index (κ1) is 24.8. The summed E-state index contributed by atoms with van der Waals surface area (Å²) in [6.45, 7) is 2.22. The number of amides is 1. The third-order valence-electron chi connectivity index (χ3n) is 7.38. The third kappa shape index (κ3) is 5.48. The number of carbonyl (C=O) groups excluding carboxylic acids is 1. The molecular formula is C26H32F4N2O2. The van der Waals surface area contributed by atoms with Gasteiger partial charge in [0.15, 0.2) is 0 Å². The van der Waals surface area contributed by atoms with Gasteiger partial charge in [0.1, 0.15) is 5.82 Å². The lowest BCUT2D eigenvalue weighted by molar-refractivity contribution is -0.137. The van der Waals surface area contributed by atoms with Crippen molar-refractivity contribution in [3.8, 4) is 11.3 Å². The van der Waals surface area contributed by atoms with Crippen LogP contribution in [0.1, 0.15) is 79.4 Å². The van der Waals surface area contributed by atoms with Crippen molar-refractivity contribution in [3.63, 3.8) is 0 Å². The minimum atomic E-state index is -4.60. The van der Waals surface area contributed by atoms with Crippen molar-refractivity contribution in [2.75, 3.05) is 0 Å². The van der Waals surface area contributed by atoms with Crippen molar-refractivity contribution in [1.29, 1.82) is 0 Å². The van der Waals surface area contributed by atoms with Crippen LogP contribution in [0.5, 0.6) is 0 Å². The van der Waals surface area contributed by atoms with Gasteiger partial charge in [0, 0.05) is 23.8 Å². The first-order chi connectivity index (χ1) is 16.1. The highest BCUT2D eigenvalue weighted by Crippen LogP contribution is 2.36. The zero-order valence-electron chi connectivity index (χ0n) is 19.4. The molecule has 0 aliphatic heterocycles. The van der Waals surface area contributed by atoms with Gasteiger partial charge in [-0.2, -0.15) is 13.2 Å². The normalized spacial score (nSPS) is 22.1. The zero-order chi connectivity index (χ0) is 24.5. The molecule has 2 fully saturated rings. The Balaban J connectivity index is 1.72. The van der Waals surface area contributed by atoms with E-state index < -0.39 is 17.6 Å². The second kappa shape index (κ2) is 10.1. The lowest BCUT2D eigenvalue weighted by Crippen LogP contribution is -2.36. The summed E-state index contributed by atoms with van der Waals surface area (Å²) in [4.78, 5) is 13.1. The number of aliphatic hydroxyl groups excluding tert-OH is 1. The molecule has 1 aromatic carbocycles. The van der Waals surface area contributed by atoms with E-state index in [2.05, 4.69) is 5.32 Å². The molecule has 4 rings (SSSR count). The first-order valence-corrected chi connectivity index (χ1v) is 12.2. The fourth-order valence-corrected chi connectivity index (χ4v) is 5.33. The number of aliphatic hydroxyl groups is 1. The third-order valence-corrected chi connectivity index (χ3v) is 7.38. The van der Waals surface area contributed by atoms with Gasteiger partial charge in [0.05, 0.1) is 22.9 Å². The number of nitrogens with zero attached hydrogens (tertiary/aromatic N) is 1. The Bertz CT molecular complexity index is 1020. The summed E-state index contributed by atoms with van der Waals surface area (Å²) in [5.74, 6) is -0.836. The summed E-state index contributed by atoms with van der Waals surface area (Å²) in [5, 5.41) is 12.9. The van der Waals surface area contributed by atoms with Gasteiger partial charge in [-0.3, -0.25) is 4.79 Å². The molecule has 0 unspecified atom stereocenters. The Labute approximate surface area is 197 Å². The second-order valence-electron chi connectivity index (χ2n) is 9.81. The summed E-state index contributed by atoms with van der Waals surface area (Å²) in [7, 11) is 0. The smallest absolute Gasteiger partial charge is 0.393 e. The van der Waals surface area contributed by atoms with Crippen LogP contribution in [0.3, 0.4) is 0 Å². The monoisotopic (exact) mass is 480 g/mol. The number of alkyl halides is 3. The summed E-state index contributed by atoms with van der Waals surface area (Å²) < 4.78 is 56.8. The molecule has 0 radical (unpaired) electrons. The van der Waals surface area contributed by atoms with Crippen LogP contribution in [0.2, 0.25) is 0 Å². The highest BCUT2D eigenvalue weighted by molar-refractivity contribution is 5.97.